The van der Waals surface area contributed by atoms with E-state index in [1.807, 2.05) is 12.1 Å². The predicted octanol–water partition coefficient (Wildman–Crippen LogP) is 3.42. The van der Waals surface area contributed by atoms with Crippen LogP contribution in [0, 0.1) is 0 Å². The first-order valence-electron chi connectivity index (χ1n) is 7.22. The van der Waals surface area contributed by atoms with Crippen LogP contribution in [0.3, 0.4) is 0 Å². The van der Waals surface area contributed by atoms with Gasteiger partial charge in [-0.25, -0.2) is 4.79 Å². The van der Waals surface area contributed by atoms with Crippen LogP contribution in [0.5, 0.6) is 0 Å². The summed E-state index contributed by atoms with van der Waals surface area (Å²) in [6.45, 7) is 0.755. The summed E-state index contributed by atoms with van der Waals surface area (Å²) in [6.07, 6.45) is 3.26. The van der Waals surface area contributed by atoms with Gasteiger partial charge in [-0.3, -0.25) is 0 Å². The number of hydrogen-bond acceptors (Lipinski definition) is 3. The fourth-order valence-corrected chi connectivity index (χ4v) is 2.25. The van der Waals surface area contributed by atoms with Crippen molar-refractivity contribution in [1.29, 1.82) is 0 Å². The molecule has 0 aliphatic heterocycles. The van der Waals surface area contributed by atoms with E-state index in [9.17, 15) is 4.79 Å². The van der Waals surface area contributed by atoms with E-state index in [4.69, 9.17) is 10.5 Å². The summed E-state index contributed by atoms with van der Waals surface area (Å²) in [5.41, 5.74) is 9.65. The van der Waals surface area contributed by atoms with Crippen LogP contribution in [0.4, 0.5) is 0 Å². The predicted molar refractivity (Wildman–Crippen MR) is 85.2 cm³/mol. The molecule has 3 nitrogen and oxygen atoms in total. The van der Waals surface area contributed by atoms with Gasteiger partial charge in [0, 0.05) is 0 Å². The third-order valence-corrected chi connectivity index (χ3v) is 3.51. The van der Waals surface area contributed by atoms with Crippen molar-refractivity contribution in [3.8, 4) is 11.1 Å². The van der Waals surface area contributed by atoms with E-state index >= 15 is 0 Å². The van der Waals surface area contributed by atoms with Crippen molar-refractivity contribution in [1.82, 2.24) is 0 Å². The molecule has 2 rings (SSSR count). The quantitative estimate of drug-likeness (QED) is 0.653. The largest absolute Gasteiger partial charge is 0.465 e. The summed E-state index contributed by atoms with van der Waals surface area (Å²) in [5.74, 6) is -0.309. The highest BCUT2D eigenvalue weighted by Crippen LogP contribution is 2.21. The Labute approximate surface area is 125 Å². The highest BCUT2D eigenvalue weighted by Gasteiger charge is 2.05. The molecule has 2 aromatic carbocycles. The van der Waals surface area contributed by atoms with Crippen molar-refractivity contribution in [3.63, 3.8) is 0 Å². The Kier molecular flexibility index (Phi) is 5.52. The number of methoxy groups -OCH3 is 1. The Morgan fingerprint density at radius 1 is 0.952 bits per heavy atom. The van der Waals surface area contributed by atoms with E-state index in [-0.39, 0.29) is 5.97 Å². The second-order valence-corrected chi connectivity index (χ2v) is 5.01. The van der Waals surface area contributed by atoms with Gasteiger partial charge in [0.05, 0.1) is 12.7 Å². The van der Waals surface area contributed by atoms with Gasteiger partial charge in [0.1, 0.15) is 0 Å². The zero-order chi connectivity index (χ0) is 15.1. The van der Waals surface area contributed by atoms with Gasteiger partial charge < -0.3 is 10.5 Å². The minimum atomic E-state index is -0.309. The lowest BCUT2D eigenvalue weighted by Gasteiger charge is -2.05. The summed E-state index contributed by atoms with van der Waals surface area (Å²) >= 11 is 0. The SMILES string of the molecule is COC(=O)c1ccc(-c2ccc(CCCCN)cc2)cc1. The molecule has 21 heavy (non-hydrogen) atoms. The molecule has 0 unspecified atom stereocenters. The molecule has 3 heteroatoms. The molecule has 0 aromatic heterocycles. The van der Waals surface area contributed by atoms with Gasteiger partial charge in [-0.05, 0) is 54.6 Å². The number of esters is 1. The number of hydrogen-bond donors (Lipinski definition) is 1. The van der Waals surface area contributed by atoms with E-state index in [1.54, 1.807) is 12.1 Å². The number of carbonyl (C=O) groups excluding carboxylic acids is 1. The average Bonchev–Trinajstić information content (AvgIpc) is 2.55. The van der Waals surface area contributed by atoms with Gasteiger partial charge >= 0.3 is 5.97 Å². The fourth-order valence-electron chi connectivity index (χ4n) is 2.25. The molecule has 0 saturated heterocycles. The van der Waals surface area contributed by atoms with E-state index in [1.165, 1.54) is 12.7 Å². The third-order valence-electron chi connectivity index (χ3n) is 3.51. The molecule has 0 aliphatic carbocycles. The van der Waals surface area contributed by atoms with Gasteiger partial charge in [-0.2, -0.15) is 0 Å². The van der Waals surface area contributed by atoms with Gasteiger partial charge in [-0.1, -0.05) is 36.4 Å². The summed E-state index contributed by atoms with van der Waals surface area (Å²) in [5, 5.41) is 0. The summed E-state index contributed by atoms with van der Waals surface area (Å²) in [4.78, 5) is 11.4. The van der Waals surface area contributed by atoms with Crippen molar-refractivity contribution in [2.45, 2.75) is 19.3 Å². The first-order chi connectivity index (χ1) is 10.2. The van der Waals surface area contributed by atoms with Crippen LogP contribution in [-0.2, 0) is 11.2 Å². The number of aryl methyl sites for hydroxylation is 1. The Morgan fingerprint density at radius 2 is 1.52 bits per heavy atom. The number of carbonyl (C=O) groups is 1. The van der Waals surface area contributed by atoms with E-state index < -0.39 is 0 Å². The first kappa shape index (κ1) is 15.3. The van der Waals surface area contributed by atoms with E-state index in [2.05, 4.69) is 24.3 Å². The van der Waals surface area contributed by atoms with Crippen LogP contribution in [-0.4, -0.2) is 19.6 Å². The molecular weight excluding hydrogens is 262 g/mol. The highest BCUT2D eigenvalue weighted by molar-refractivity contribution is 5.89. The lowest BCUT2D eigenvalue weighted by atomic mass is 10.0. The lowest BCUT2D eigenvalue weighted by molar-refractivity contribution is 0.0601. The fraction of sp³-hybridized carbons (Fsp3) is 0.278. The first-order valence-corrected chi connectivity index (χ1v) is 7.22. The van der Waals surface area contributed by atoms with Crippen molar-refractivity contribution < 1.29 is 9.53 Å². The van der Waals surface area contributed by atoms with Gasteiger partial charge in [0.15, 0.2) is 0 Å². The molecule has 0 saturated carbocycles. The number of benzene rings is 2. The lowest BCUT2D eigenvalue weighted by Crippen LogP contribution is -2.00. The topological polar surface area (TPSA) is 52.3 Å². The molecular formula is C18H21NO2. The normalized spacial score (nSPS) is 10.4. The molecule has 0 spiro atoms. The standard InChI is InChI=1S/C18H21NO2/c1-21-18(20)17-11-9-16(10-12-17)15-7-5-14(6-8-15)4-2-3-13-19/h5-12H,2-4,13,19H2,1H3. The zero-order valence-electron chi connectivity index (χ0n) is 12.3. The summed E-state index contributed by atoms with van der Waals surface area (Å²) < 4.78 is 4.70. The molecule has 2 aromatic rings. The van der Waals surface area contributed by atoms with Crippen molar-refractivity contribution >= 4 is 5.97 Å². The van der Waals surface area contributed by atoms with E-state index in [0.29, 0.717) is 5.56 Å². The van der Waals surface area contributed by atoms with Crippen LogP contribution in [0.15, 0.2) is 48.5 Å². The molecule has 110 valence electrons. The molecule has 0 atom stereocenters. The van der Waals surface area contributed by atoms with Gasteiger partial charge in [0.25, 0.3) is 0 Å². The summed E-state index contributed by atoms with van der Waals surface area (Å²) in [6, 6.07) is 16.0. The van der Waals surface area contributed by atoms with Crippen LogP contribution < -0.4 is 5.73 Å². The van der Waals surface area contributed by atoms with Gasteiger partial charge in [-0.15, -0.1) is 0 Å². The third kappa shape index (κ3) is 4.17. The van der Waals surface area contributed by atoms with Gasteiger partial charge in [0.2, 0.25) is 0 Å². The molecule has 2 N–H and O–H groups in total. The smallest absolute Gasteiger partial charge is 0.337 e. The Bertz CT molecular complexity index is 573. The molecule has 0 aliphatic rings. The molecule has 0 fully saturated rings. The minimum Gasteiger partial charge on any atom is -0.465 e. The number of nitrogens with two attached hydrogens (primary N) is 1. The maximum absolute atomic E-state index is 11.4. The van der Waals surface area contributed by atoms with Crippen LogP contribution in [0.2, 0.25) is 0 Å². The monoisotopic (exact) mass is 283 g/mol. The Balaban J connectivity index is 2.06. The van der Waals surface area contributed by atoms with Crippen LogP contribution >= 0.6 is 0 Å². The Hall–Kier alpha value is -2.13. The number of unbranched alkanes of at least 4 members (excludes halogenated alkanes) is 1. The minimum absolute atomic E-state index is 0.309. The van der Waals surface area contributed by atoms with E-state index in [0.717, 1.165) is 36.9 Å². The number of ether oxygens (including phenoxy) is 1. The second kappa shape index (κ2) is 7.60. The Morgan fingerprint density at radius 3 is 2.05 bits per heavy atom. The maximum Gasteiger partial charge on any atom is 0.337 e. The number of rotatable bonds is 6. The zero-order valence-corrected chi connectivity index (χ0v) is 12.3. The second-order valence-electron chi connectivity index (χ2n) is 5.01. The molecule has 0 heterocycles. The van der Waals surface area contributed by atoms with Crippen molar-refractivity contribution in [2.24, 2.45) is 5.73 Å². The van der Waals surface area contributed by atoms with Crippen LogP contribution in [0.1, 0.15) is 28.8 Å². The van der Waals surface area contributed by atoms with Crippen molar-refractivity contribution in [3.05, 3.63) is 59.7 Å². The summed E-state index contributed by atoms with van der Waals surface area (Å²) in [7, 11) is 1.39. The van der Waals surface area contributed by atoms with Crippen LogP contribution in [0.25, 0.3) is 11.1 Å². The maximum atomic E-state index is 11.4. The average molecular weight is 283 g/mol. The van der Waals surface area contributed by atoms with Crippen molar-refractivity contribution in [2.75, 3.05) is 13.7 Å². The molecule has 0 amide bonds. The molecule has 0 radical (unpaired) electrons. The highest BCUT2D eigenvalue weighted by atomic mass is 16.5. The molecule has 0 bridgehead atoms.